The summed E-state index contributed by atoms with van der Waals surface area (Å²) in [7, 11) is 0. The molecular formula is C20H23F6NOS. The molecule has 0 spiro atoms. The van der Waals surface area contributed by atoms with Gasteiger partial charge >= 0.3 is 12.4 Å². The maximum Gasteiger partial charge on any atom is 0.417 e. The number of hydrogen-bond acceptors (Lipinski definition) is 3. The molecule has 1 saturated carbocycles. The van der Waals surface area contributed by atoms with Crippen molar-refractivity contribution in [2.24, 2.45) is 5.92 Å². The van der Waals surface area contributed by atoms with Gasteiger partial charge in [0, 0.05) is 22.9 Å². The number of likely N-dealkylation sites (tertiary alicyclic amines) is 1. The fourth-order valence-electron chi connectivity index (χ4n) is 4.60. The van der Waals surface area contributed by atoms with E-state index in [1.54, 1.807) is 0 Å². The summed E-state index contributed by atoms with van der Waals surface area (Å²) in [6.07, 6.45) is -3.92. The third-order valence-corrected chi connectivity index (χ3v) is 6.67. The summed E-state index contributed by atoms with van der Waals surface area (Å²) < 4.78 is 80.0. The number of Topliss-reactive ketones (excluding diaryl/α,β-unsaturated/α-hetero) is 1. The van der Waals surface area contributed by atoms with E-state index in [9.17, 15) is 31.1 Å². The van der Waals surface area contributed by atoms with Gasteiger partial charge in [-0.25, -0.2) is 0 Å². The van der Waals surface area contributed by atoms with Crippen molar-refractivity contribution in [2.75, 3.05) is 19.3 Å². The van der Waals surface area contributed by atoms with Gasteiger partial charge in [-0.1, -0.05) is 6.42 Å². The third kappa shape index (κ3) is 4.93. The minimum Gasteiger partial charge on any atom is -0.300 e. The highest BCUT2D eigenvalue weighted by Crippen LogP contribution is 2.43. The smallest absolute Gasteiger partial charge is 0.300 e. The molecule has 1 heterocycles. The molecular weight excluding hydrogens is 416 g/mol. The number of rotatable bonds is 5. The molecule has 9 heteroatoms. The van der Waals surface area contributed by atoms with Crippen LogP contribution in [0.2, 0.25) is 0 Å². The van der Waals surface area contributed by atoms with E-state index in [0.29, 0.717) is 6.07 Å². The summed E-state index contributed by atoms with van der Waals surface area (Å²) in [5, 5.41) is 0. The van der Waals surface area contributed by atoms with Crippen molar-refractivity contribution < 1.29 is 31.1 Å². The fraction of sp³-hybridized carbons (Fsp3) is 0.650. The number of carbonyl (C=O) groups is 1. The Morgan fingerprint density at radius 1 is 1.03 bits per heavy atom. The van der Waals surface area contributed by atoms with Gasteiger partial charge in [0.05, 0.1) is 11.1 Å². The average Bonchev–Trinajstić information content (AvgIpc) is 3.30. The van der Waals surface area contributed by atoms with E-state index in [2.05, 4.69) is 4.90 Å². The second kappa shape index (κ2) is 8.49. The Labute approximate surface area is 170 Å². The van der Waals surface area contributed by atoms with Gasteiger partial charge < -0.3 is 4.90 Å². The van der Waals surface area contributed by atoms with E-state index in [0.717, 1.165) is 57.0 Å². The van der Waals surface area contributed by atoms with Crippen molar-refractivity contribution in [1.29, 1.82) is 0 Å². The van der Waals surface area contributed by atoms with Crippen LogP contribution in [0.1, 0.15) is 60.0 Å². The van der Waals surface area contributed by atoms with Crippen LogP contribution in [0.25, 0.3) is 0 Å². The van der Waals surface area contributed by atoms with E-state index in [-0.39, 0.29) is 29.3 Å². The Kier molecular flexibility index (Phi) is 6.58. The Balaban J connectivity index is 1.94. The zero-order valence-electron chi connectivity index (χ0n) is 16.0. The summed E-state index contributed by atoms with van der Waals surface area (Å²) in [5.41, 5.74) is -3.50. The molecule has 0 N–H and O–H groups in total. The van der Waals surface area contributed by atoms with Crippen molar-refractivity contribution in [3.63, 3.8) is 0 Å². The molecule has 2 fully saturated rings. The van der Waals surface area contributed by atoms with Gasteiger partial charge in [-0.2, -0.15) is 26.3 Å². The van der Waals surface area contributed by atoms with Crippen LogP contribution >= 0.6 is 11.8 Å². The van der Waals surface area contributed by atoms with Crippen LogP contribution in [0.15, 0.2) is 17.0 Å². The zero-order chi connectivity index (χ0) is 21.4. The summed E-state index contributed by atoms with van der Waals surface area (Å²) in [5.74, 6) is -0.773. The number of halogens is 6. The summed E-state index contributed by atoms with van der Waals surface area (Å²) in [4.78, 5) is 15.0. The van der Waals surface area contributed by atoms with Gasteiger partial charge in [-0.3, -0.25) is 4.79 Å². The first kappa shape index (κ1) is 22.5. The molecule has 162 valence electrons. The van der Waals surface area contributed by atoms with Crippen LogP contribution in [0.3, 0.4) is 0 Å². The van der Waals surface area contributed by atoms with E-state index in [1.165, 1.54) is 6.26 Å². The van der Waals surface area contributed by atoms with Crippen LogP contribution in [0, 0.1) is 5.92 Å². The highest BCUT2D eigenvalue weighted by atomic mass is 32.2. The van der Waals surface area contributed by atoms with Gasteiger partial charge in [0.25, 0.3) is 0 Å². The third-order valence-electron chi connectivity index (χ3n) is 5.91. The quantitative estimate of drug-likeness (QED) is 0.306. The lowest BCUT2D eigenvalue weighted by atomic mass is 9.90. The molecule has 3 rings (SSSR count). The Bertz CT molecular complexity index is 755. The Hall–Kier alpha value is -1.22. The lowest BCUT2D eigenvalue weighted by molar-refractivity contribution is -0.143. The first-order chi connectivity index (χ1) is 13.5. The predicted octanol–water partition coefficient (Wildman–Crippen LogP) is 6.28. The first-order valence-corrected chi connectivity index (χ1v) is 10.9. The van der Waals surface area contributed by atoms with E-state index >= 15 is 0 Å². The van der Waals surface area contributed by atoms with E-state index < -0.39 is 34.8 Å². The zero-order valence-corrected chi connectivity index (χ0v) is 16.8. The molecule has 1 aliphatic carbocycles. The van der Waals surface area contributed by atoms with Gasteiger partial charge in [0.1, 0.15) is 0 Å². The lowest BCUT2D eigenvalue weighted by Crippen LogP contribution is -2.36. The number of carbonyl (C=O) groups excluding carboxylic acids is 1. The van der Waals surface area contributed by atoms with Crippen LogP contribution in [0.4, 0.5) is 26.3 Å². The molecule has 0 amide bonds. The normalized spacial score (nSPS) is 23.7. The standard InChI is InChI=1S/C20H23F6NOS/c1-29-17-11-13(19(21,22)23)10-14(20(24,25)26)18(17)16(28)9-12-5-4-6-15(12)27-7-2-3-8-27/h10-12,15H,2-9H2,1H3/t12-,15-/m0/s1. The molecule has 2 nitrogen and oxygen atoms in total. The lowest BCUT2D eigenvalue weighted by Gasteiger charge is -2.29. The maximum atomic E-state index is 13.6. The van der Waals surface area contributed by atoms with Crippen LogP contribution in [0.5, 0.6) is 0 Å². The monoisotopic (exact) mass is 439 g/mol. The van der Waals surface area contributed by atoms with Crippen LogP contribution in [-0.4, -0.2) is 36.1 Å². The Morgan fingerprint density at radius 2 is 1.69 bits per heavy atom. The average molecular weight is 439 g/mol. The molecule has 0 bridgehead atoms. The van der Waals surface area contributed by atoms with Gasteiger partial charge in [0.2, 0.25) is 0 Å². The largest absolute Gasteiger partial charge is 0.417 e. The molecule has 1 aromatic rings. The number of benzene rings is 1. The molecule has 2 aliphatic rings. The number of ketones is 1. The highest BCUT2D eigenvalue weighted by Gasteiger charge is 2.42. The molecule has 1 aliphatic heterocycles. The predicted molar refractivity (Wildman–Crippen MR) is 99.1 cm³/mol. The topological polar surface area (TPSA) is 20.3 Å². The molecule has 29 heavy (non-hydrogen) atoms. The van der Waals surface area contributed by atoms with Crippen molar-refractivity contribution >= 4 is 17.5 Å². The number of hydrogen-bond donors (Lipinski definition) is 0. The van der Waals surface area contributed by atoms with E-state index in [4.69, 9.17) is 0 Å². The SMILES string of the molecule is CSc1cc(C(F)(F)F)cc(C(F)(F)F)c1C(=O)C[C@@H]1CCC[C@@H]1N1CCCC1. The molecule has 1 saturated heterocycles. The van der Waals surface area contributed by atoms with Crippen molar-refractivity contribution in [1.82, 2.24) is 4.90 Å². The minimum atomic E-state index is -5.04. The van der Waals surface area contributed by atoms with Crippen molar-refractivity contribution in [3.8, 4) is 0 Å². The summed E-state index contributed by atoms with van der Waals surface area (Å²) in [6, 6.07) is 0.891. The van der Waals surface area contributed by atoms with Crippen molar-refractivity contribution in [3.05, 3.63) is 28.8 Å². The number of thioether (sulfide) groups is 1. The van der Waals surface area contributed by atoms with Crippen LogP contribution in [-0.2, 0) is 12.4 Å². The Morgan fingerprint density at radius 3 is 2.24 bits per heavy atom. The van der Waals surface area contributed by atoms with E-state index in [1.807, 2.05) is 0 Å². The maximum absolute atomic E-state index is 13.6. The first-order valence-electron chi connectivity index (χ1n) is 9.66. The molecule has 0 aromatic heterocycles. The van der Waals surface area contributed by atoms with Gasteiger partial charge in [0.15, 0.2) is 5.78 Å². The second-order valence-corrected chi connectivity index (χ2v) is 8.57. The minimum absolute atomic E-state index is 0.0568. The number of alkyl halides is 6. The summed E-state index contributed by atoms with van der Waals surface area (Å²) >= 11 is 0.737. The number of nitrogens with zero attached hydrogens (tertiary/aromatic N) is 1. The fourth-order valence-corrected chi connectivity index (χ4v) is 5.27. The molecule has 1 aromatic carbocycles. The second-order valence-electron chi connectivity index (χ2n) is 7.73. The van der Waals surface area contributed by atoms with Crippen molar-refractivity contribution in [2.45, 2.75) is 61.8 Å². The molecule has 0 unspecified atom stereocenters. The molecule has 2 atom stereocenters. The highest BCUT2D eigenvalue weighted by molar-refractivity contribution is 7.98. The van der Waals surface area contributed by atoms with Crippen LogP contribution < -0.4 is 0 Å². The van der Waals surface area contributed by atoms with Gasteiger partial charge in [-0.05, 0) is 63.1 Å². The summed E-state index contributed by atoms with van der Waals surface area (Å²) in [6.45, 7) is 1.86. The molecule has 0 radical (unpaired) electrons. The van der Waals surface area contributed by atoms with Gasteiger partial charge in [-0.15, -0.1) is 11.8 Å².